The maximum atomic E-state index is 10.9. The Balaban J connectivity index is 2.47. The first kappa shape index (κ1) is 14.0. The van der Waals surface area contributed by atoms with Gasteiger partial charge in [0.2, 0.25) is 0 Å². The van der Waals surface area contributed by atoms with Gasteiger partial charge in [-0.1, -0.05) is 12.1 Å². The molecule has 0 bridgehead atoms. The number of benzene rings is 1. The van der Waals surface area contributed by atoms with Gasteiger partial charge in [0.05, 0.1) is 10.7 Å². The third kappa shape index (κ3) is 5.69. The van der Waals surface area contributed by atoms with Crippen molar-refractivity contribution in [2.45, 2.75) is 5.75 Å². The van der Waals surface area contributed by atoms with Gasteiger partial charge < -0.3 is 0 Å². The first-order valence-electron chi connectivity index (χ1n) is 4.87. The van der Waals surface area contributed by atoms with Gasteiger partial charge in [0, 0.05) is 29.9 Å². The maximum absolute atomic E-state index is 10.9. The van der Waals surface area contributed by atoms with Crippen molar-refractivity contribution >= 4 is 27.3 Å². The van der Waals surface area contributed by atoms with Crippen LogP contribution in [0.1, 0.15) is 5.56 Å². The molecule has 0 aliphatic carbocycles. The molecule has 7 heteroatoms. The molecule has 1 rings (SSSR count). The van der Waals surface area contributed by atoms with Gasteiger partial charge in [0.15, 0.2) is 0 Å². The molecule has 17 heavy (non-hydrogen) atoms. The molecule has 0 unspecified atom stereocenters. The number of rotatable bonds is 6. The van der Waals surface area contributed by atoms with E-state index in [0.29, 0.717) is 11.5 Å². The predicted molar refractivity (Wildman–Crippen MR) is 69.0 cm³/mol. The normalized spacial score (nSPS) is 11.4. The number of non-ortho nitro benzene ring substituents is 1. The Morgan fingerprint density at radius 1 is 1.41 bits per heavy atom. The minimum Gasteiger partial charge on any atom is -0.258 e. The lowest BCUT2D eigenvalue weighted by molar-refractivity contribution is -0.384. The second-order valence-electron chi connectivity index (χ2n) is 3.61. The summed E-state index contributed by atoms with van der Waals surface area (Å²) < 4.78 is 21.8. The third-order valence-corrected chi connectivity index (χ3v) is 4.22. The molecule has 1 aromatic carbocycles. The zero-order valence-electron chi connectivity index (χ0n) is 9.33. The molecule has 0 aromatic heterocycles. The van der Waals surface area contributed by atoms with E-state index in [9.17, 15) is 18.5 Å². The van der Waals surface area contributed by atoms with Gasteiger partial charge >= 0.3 is 0 Å². The van der Waals surface area contributed by atoms with E-state index in [1.54, 1.807) is 12.1 Å². The lowest BCUT2D eigenvalue weighted by Gasteiger charge is -2.01. The number of nitrogens with zero attached hydrogens (tertiary/aromatic N) is 1. The minimum absolute atomic E-state index is 0.0613. The summed E-state index contributed by atoms with van der Waals surface area (Å²) in [6.45, 7) is 0. The standard InChI is InChI=1S/C10H13NO4S2/c1-17(14,15)6-5-16-8-9-3-2-4-10(7-9)11(12)13/h2-4,7H,5-6,8H2,1H3. The summed E-state index contributed by atoms with van der Waals surface area (Å²) in [5.74, 6) is 1.21. The third-order valence-electron chi connectivity index (χ3n) is 1.99. The monoisotopic (exact) mass is 275 g/mol. The van der Waals surface area contributed by atoms with Gasteiger partial charge in [-0.05, 0) is 5.56 Å². The molecule has 94 valence electrons. The first-order chi connectivity index (χ1) is 7.88. The number of thioether (sulfide) groups is 1. The van der Waals surface area contributed by atoms with E-state index < -0.39 is 14.8 Å². The van der Waals surface area contributed by atoms with Gasteiger partial charge in [-0.2, -0.15) is 11.8 Å². The molecule has 0 aliphatic heterocycles. The average Bonchev–Trinajstić information content (AvgIpc) is 2.23. The van der Waals surface area contributed by atoms with Crippen LogP contribution in [0.5, 0.6) is 0 Å². The van der Waals surface area contributed by atoms with Gasteiger partial charge in [0.1, 0.15) is 9.84 Å². The highest BCUT2D eigenvalue weighted by atomic mass is 32.2. The zero-order chi connectivity index (χ0) is 12.9. The Hall–Kier alpha value is -1.08. The molecule has 0 saturated carbocycles. The number of nitro benzene ring substituents is 1. The van der Waals surface area contributed by atoms with E-state index in [-0.39, 0.29) is 11.4 Å². The van der Waals surface area contributed by atoms with Crippen LogP contribution in [0.15, 0.2) is 24.3 Å². The van der Waals surface area contributed by atoms with E-state index in [2.05, 4.69) is 0 Å². The number of hydrogen-bond donors (Lipinski definition) is 0. The molecular formula is C10H13NO4S2. The molecule has 5 nitrogen and oxygen atoms in total. The van der Waals surface area contributed by atoms with E-state index in [0.717, 1.165) is 5.56 Å². The fraction of sp³-hybridized carbons (Fsp3) is 0.400. The van der Waals surface area contributed by atoms with Crippen molar-refractivity contribution < 1.29 is 13.3 Å². The SMILES string of the molecule is CS(=O)(=O)CCSCc1cccc([N+](=O)[O-])c1. The highest BCUT2D eigenvalue weighted by Crippen LogP contribution is 2.18. The molecule has 0 aliphatic rings. The highest BCUT2D eigenvalue weighted by Gasteiger charge is 2.06. The van der Waals surface area contributed by atoms with Crippen molar-refractivity contribution in [2.75, 3.05) is 17.8 Å². The quantitative estimate of drug-likeness (QED) is 0.450. The van der Waals surface area contributed by atoms with Crippen LogP contribution < -0.4 is 0 Å². The van der Waals surface area contributed by atoms with Crippen LogP contribution in [0.4, 0.5) is 5.69 Å². The fourth-order valence-corrected chi connectivity index (χ4v) is 3.40. The van der Waals surface area contributed by atoms with E-state index >= 15 is 0 Å². The van der Waals surface area contributed by atoms with E-state index in [1.807, 2.05) is 0 Å². The number of sulfone groups is 1. The minimum atomic E-state index is -2.93. The van der Waals surface area contributed by atoms with Gasteiger partial charge in [-0.3, -0.25) is 10.1 Å². The van der Waals surface area contributed by atoms with Crippen molar-refractivity contribution in [1.82, 2.24) is 0 Å². The Morgan fingerprint density at radius 3 is 2.71 bits per heavy atom. The second kappa shape index (κ2) is 6.02. The van der Waals surface area contributed by atoms with Crippen molar-refractivity contribution in [3.05, 3.63) is 39.9 Å². The zero-order valence-corrected chi connectivity index (χ0v) is 11.0. The van der Waals surface area contributed by atoms with Crippen molar-refractivity contribution in [3.8, 4) is 0 Å². The molecule has 0 atom stereocenters. The Bertz CT molecular complexity index is 499. The van der Waals surface area contributed by atoms with Crippen LogP contribution in [0, 0.1) is 10.1 Å². The lowest BCUT2D eigenvalue weighted by atomic mass is 10.2. The maximum Gasteiger partial charge on any atom is 0.269 e. The topological polar surface area (TPSA) is 77.3 Å². The molecule has 0 amide bonds. The summed E-state index contributed by atoms with van der Waals surface area (Å²) in [6, 6.07) is 6.36. The Morgan fingerprint density at radius 2 is 2.12 bits per heavy atom. The van der Waals surface area contributed by atoms with Crippen LogP contribution in [0.25, 0.3) is 0 Å². The molecule has 0 fully saturated rings. The number of nitro groups is 1. The van der Waals surface area contributed by atoms with Crippen LogP contribution in [-0.4, -0.2) is 31.1 Å². The molecule has 0 saturated heterocycles. The summed E-state index contributed by atoms with van der Waals surface area (Å²) >= 11 is 1.45. The van der Waals surface area contributed by atoms with Crippen molar-refractivity contribution in [2.24, 2.45) is 0 Å². The van der Waals surface area contributed by atoms with Crippen LogP contribution in [0.3, 0.4) is 0 Å². The summed E-state index contributed by atoms with van der Waals surface area (Å²) in [6.07, 6.45) is 1.20. The summed E-state index contributed by atoms with van der Waals surface area (Å²) in [5, 5.41) is 10.5. The molecule has 0 N–H and O–H groups in total. The van der Waals surface area contributed by atoms with Crippen LogP contribution >= 0.6 is 11.8 Å². The molecule has 1 aromatic rings. The average molecular weight is 275 g/mol. The van der Waals surface area contributed by atoms with Gasteiger partial charge in [0.25, 0.3) is 5.69 Å². The van der Waals surface area contributed by atoms with Gasteiger partial charge in [-0.25, -0.2) is 8.42 Å². The van der Waals surface area contributed by atoms with E-state index in [1.165, 1.54) is 30.2 Å². The Kier molecular flexibility index (Phi) is 4.95. The molecule has 0 radical (unpaired) electrons. The van der Waals surface area contributed by atoms with Crippen LogP contribution in [-0.2, 0) is 15.6 Å². The van der Waals surface area contributed by atoms with Crippen molar-refractivity contribution in [3.63, 3.8) is 0 Å². The largest absolute Gasteiger partial charge is 0.269 e. The number of hydrogen-bond acceptors (Lipinski definition) is 5. The summed E-state index contributed by atoms with van der Waals surface area (Å²) in [5.41, 5.74) is 0.893. The van der Waals surface area contributed by atoms with Gasteiger partial charge in [-0.15, -0.1) is 0 Å². The smallest absolute Gasteiger partial charge is 0.258 e. The first-order valence-corrected chi connectivity index (χ1v) is 8.09. The molecule has 0 heterocycles. The van der Waals surface area contributed by atoms with E-state index in [4.69, 9.17) is 0 Å². The highest BCUT2D eigenvalue weighted by molar-refractivity contribution is 7.99. The fourth-order valence-electron chi connectivity index (χ4n) is 1.16. The summed E-state index contributed by atoms with van der Waals surface area (Å²) in [4.78, 5) is 10.1. The van der Waals surface area contributed by atoms with Crippen LogP contribution in [0.2, 0.25) is 0 Å². The summed E-state index contributed by atoms with van der Waals surface area (Å²) in [7, 11) is -2.93. The predicted octanol–water partition coefficient (Wildman–Crippen LogP) is 1.87. The molecular weight excluding hydrogens is 262 g/mol. The molecule has 0 spiro atoms. The Labute approximate surface area is 104 Å². The second-order valence-corrected chi connectivity index (χ2v) is 6.97. The lowest BCUT2D eigenvalue weighted by Crippen LogP contribution is -2.05. The van der Waals surface area contributed by atoms with Crippen molar-refractivity contribution in [1.29, 1.82) is 0 Å².